The second-order valence-corrected chi connectivity index (χ2v) is 5.57. The van der Waals surface area contributed by atoms with Crippen molar-refractivity contribution < 1.29 is 17.9 Å². The minimum Gasteiger partial charge on any atom is -0.376 e. The zero-order valence-electron chi connectivity index (χ0n) is 7.89. The van der Waals surface area contributed by atoms with Gasteiger partial charge in [0.2, 0.25) is 0 Å². The lowest BCUT2D eigenvalue weighted by molar-refractivity contribution is 0.0251. The molecule has 0 amide bonds. The Kier molecular flexibility index (Phi) is 2.90. The van der Waals surface area contributed by atoms with Crippen LogP contribution in [0.25, 0.3) is 0 Å². The predicted octanol–water partition coefficient (Wildman–Crippen LogP) is 0.493. The van der Waals surface area contributed by atoms with E-state index in [2.05, 4.69) is 0 Å². The quantitative estimate of drug-likeness (QED) is 0.630. The summed E-state index contributed by atoms with van der Waals surface area (Å²) < 4.78 is 32.7. The first kappa shape index (κ1) is 10.1. The first-order chi connectivity index (χ1) is 6.66. The maximum absolute atomic E-state index is 11.0. The molecule has 0 aromatic rings. The van der Waals surface area contributed by atoms with E-state index in [1.54, 1.807) is 6.08 Å². The third-order valence-electron chi connectivity index (χ3n) is 2.19. The Bertz CT molecular complexity index is 316. The van der Waals surface area contributed by atoms with Crippen LogP contribution in [0, 0.1) is 0 Å². The monoisotopic (exact) mass is 218 g/mol. The van der Waals surface area contributed by atoms with Crippen LogP contribution >= 0.6 is 0 Å². The summed E-state index contributed by atoms with van der Waals surface area (Å²) in [6, 6.07) is 0. The van der Waals surface area contributed by atoms with Crippen LogP contribution in [0.15, 0.2) is 11.5 Å². The van der Waals surface area contributed by atoms with Gasteiger partial charge in [-0.1, -0.05) is 0 Å². The number of rotatable bonds is 5. The van der Waals surface area contributed by atoms with E-state index in [0.717, 1.165) is 12.8 Å². The highest BCUT2D eigenvalue weighted by molar-refractivity contribution is 7.94. The molecule has 14 heavy (non-hydrogen) atoms. The molecule has 2 rings (SSSR count). The third-order valence-corrected chi connectivity index (χ3v) is 3.56. The van der Waals surface area contributed by atoms with E-state index in [-0.39, 0.29) is 11.9 Å². The lowest BCUT2D eigenvalue weighted by Gasteiger charge is -2.08. The first-order valence-electron chi connectivity index (χ1n) is 4.80. The minimum atomic E-state index is -2.98. The molecule has 1 aliphatic heterocycles. The van der Waals surface area contributed by atoms with Crippen LogP contribution in [0.2, 0.25) is 0 Å². The van der Waals surface area contributed by atoms with Crippen molar-refractivity contribution in [3.05, 3.63) is 11.5 Å². The Morgan fingerprint density at radius 3 is 2.50 bits per heavy atom. The summed E-state index contributed by atoms with van der Waals surface area (Å²) in [6.45, 7) is 1.04. The third kappa shape index (κ3) is 3.08. The van der Waals surface area contributed by atoms with Crippen LogP contribution in [-0.2, 0) is 19.3 Å². The van der Waals surface area contributed by atoms with Gasteiger partial charge in [-0.25, -0.2) is 8.42 Å². The van der Waals surface area contributed by atoms with Gasteiger partial charge in [0.15, 0.2) is 9.84 Å². The van der Waals surface area contributed by atoms with Gasteiger partial charge in [-0.2, -0.15) is 0 Å². The van der Waals surface area contributed by atoms with E-state index in [9.17, 15) is 8.42 Å². The van der Waals surface area contributed by atoms with Crippen LogP contribution in [-0.4, -0.2) is 39.6 Å². The van der Waals surface area contributed by atoms with Crippen molar-refractivity contribution in [3.63, 3.8) is 0 Å². The second-order valence-electron chi connectivity index (χ2n) is 3.64. The van der Waals surface area contributed by atoms with E-state index < -0.39 is 9.84 Å². The summed E-state index contributed by atoms with van der Waals surface area (Å²) in [5.74, 6) is 0.0798. The molecule has 1 unspecified atom stereocenters. The van der Waals surface area contributed by atoms with Crippen molar-refractivity contribution in [3.8, 4) is 0 Å². The van der Waals surface area contributed by atoms with Gasteiger partial charge in [0, 0.05) is 5.41 Å². The zero-order chi connectivity index (χ0) is 10.0. The SMILES string of the molecule is O=S1(=O)C=CC(OCCOC2CC2)C1. The molecule has 0 bridgehead atoms. The minimum absolute atomic E-state index is 0.0798. The van der Waals surface area contributed by atoms with Gasteiger partial charge in [-0.05, 0) is 18.9 Å². The largest absolute Gasteiger partial charge is 0.376 e. The van der Waals surface area contributed by atoms with Gasteiger partial charge in [-0.15, -0.1) is 0 Å². The first-order valence-corrected chi connectivity index (χ1v) is 6.51. The molecular formula is C9H14O4S. The van der Waals surface area contributed by atoms with Gasteiger partial charge in [-0.3, -0.25) is 0 Å². The average Bonchev–Trinajstić information content (AvgIpc) is 2.86. The second kappa shape index (κ2) is 4.00. The van der Waals surface area contributed by atoms with E-state index >= 15 is 0 Å². The van der Waals surface area contributed by atoms with Crippen molar-refractivity contribution in [1.82, 2.24) is 0 Å². The number of ether oxygens (including phenoxy) is 2. The topological polar surface area (TPSA) is 52.6 Å². The lowest BCUT2D eigenvalue weighted by atomic mass is 10.4. The highest BCUT2D eigenvalue weighted by atomic mass is 32.2. The van der Waals surface area contributed by atoms with Crippen molar-refractivity contribution in [2.24, 2.45) is 0 Å². The predicted molar refractivity (Wildman–Crippen MR) is 51.6 cm³/mol. The molecule has 0 spiro atoms. The molecule has 2 aliphatic rings. The van der Waals surface area contributed by atoms with Crippen molar-refractivity contribution >= 4 is 9.84 Å². The number of hydrogen-bond donors (Lipinski definition) is 0. The fourth-order valence-electron chi connectivity index (χ4n) is 1.30. The summed E-state index contributed by atoms with van der Waals surface area (Å²) in [6.07, 6.45) is 4.05. The van der Waals surface area contributed by atoms with Crippen LogP contribution in [0.4, 0.5) is 0 Å². The van der Waals surface area contributed by atoms with Crippen LogP contribution in [0.1, 0.15) is 12.8 Å². The summed E-state index contributed by atoms with van der Waals surface area (Å²) in [5.41, 5.74) is 0. The summed E-state index contributed by atoms with van der Waals surface area (Å²) in [4.78, 5) is 0. The van der Waals surface area contributed by atoms with Crippen LogP contribution < -0.4 is 0 Å². The molecule has 1 fully saturated rings. The Balaban J connectivity index is 1.60. The molecule has 0 N–H and O–H groups in total. The number of sulfone groups is 1. The van der Waals surface area contributed by atoms with E-state index in [1.807, 2.05) is 0 Å². The van der Waals surface area contributed by atoms with Gasteiger partial charge in [0.25, 0.3) is 0 Å². The smallest absolute Gasteiger partial charge is 0.174 e. The molecule has 4 nitrogen and oxygen atoms in total. The zero-order valence-corrected chi connectivity index (χ0v) is 8.70. The summed E-state index contributed by atoms with van der Waals surface area (Å²) in [7, 11) is -2.98. The fraction of sp³-hybridized carbons (Fsp3) is 0.778. The molecule has 0 saturated heterocycles. The highest BCUT2D eigenvalue weighted by Gasteiger charge is 2.23. The van der Waals surface area contributed by atoms with E-state index in [0.29, 0.717) is 19.3 Å². The average molecular weight is 218 g/mol. The lowest BCUT2D eigenvalue weighted by Crippen LogP contribution is -2.18. The van der Waals surface area contributed by atoms with E-state index in [1.165, 1.54) is 5.41 Å². The molecule has 5 heteroatoms. The van der Waals surface area contributed by atoms with Crippen molar-refractivity contribution in [1.29, 1.82) is 0 Å². The molecular weight excluding hydrogens is 204 g/mol. The Morgan fingerprint density at radius 1 is 1.21 bits per heavy atom. The summed E-state index contributed by atoms with van der Waals surface area (Å²) in [5, 5.41) is 1.22. The Morgan fingerprint density at radius 2 is 1.93 bits per heavy atom. The molecule has 1 heterocycles. The Labute approximate surface area is 83.8 Å². The van der Waals surface area contributed by atoms with Gasteiger partial charge >= 0.3 is 0 Å². The Hall–Kier alpha value is -0.390. The highest BCUT2D eigenvalue weighted by Crippen LogP contribution is 2.23. The van der Waals surface area contributed by atoms with Crippen molar-refractivity contribution in [2.45, 2.75) is 25.0 Å². The van der Waals surface area contributed by atoms with Crippen LogP contribution in [0.5, 0.6) is 0 Å². The molecule has 1 saturated carbocycles. The standard InChI is InChI=1S/C9H14O4S/c10-14(11)6-3-9(7-14)13-5-4-12-8-1-2-8/h3,6,8-9H,1-2,4-5,7H2. The normalized spacial score (nSPS) is 29.6. The molecule has 0 aromatic carbocycles. The van der Waals surface area contributed by atoms with Gasteiger partial charge in [0.1, 0.15) is 0 Å². The molecule has 0 aromatic heterocycles. The molecule has 0 radical (unpaired) electrons. The van der Waals surface area contributed by atoms with Gasteiger partial charge in [0.05, 0.1) is 31.2 Å². The van der Waals surface area contributed by atoms with Crippen molar-refractivity contribution in [2.75, 3.05) is 19.0 Å². The molecule has 80 valence electrons. The van der Waals surface area contributed by atoms with Crippen LogP contribution in [0.3, 0.4) is 0 Å². The maximum Gasteiger partial charge on any atom is 0.174 e. The van der Waals surface area contributed by atoms with Gasteiger partial charge < -0.3 is 9.47 Å². The maximum atomic E-state index is 11.0. The summed E-state index contributed by atoms with van der Waals surface area (Å²) >= 11 is 0. The molecule has 1 atom stereocenters. The fourth-order valence-corrected chi connectivity index (χ4v) is 2.49. The number of hydrogen-bond acceptors (Lipinski definition) is 4. The van der Waals surface area contributed by atoms with E-state index in [4.69, 9.17) is 9.47 Å². The molecule has 1 aliphatic carbocycles.